The van der Waals surface area contributed by atoms with E-state index in [4.69, 9.17) is 14.6 Å². The van der Waals surface area contributed by atoms with E-state index in [-0.39, 0.29) is 11.8 Å². The summed E-state index contributed by atoms with van der Waals surface area (Å²) in [5.74, 6) is 0.702. The van der Waals surface area contributed by atoms with Crippen LogP contribution in [0.15, 0.2) is 6.07 Å². The topological polar surface area (TPSA) is 55.8 Å². The lowest BCUT2D eigenvalue weighted by Gasteiger charge is -2.21. The van der Waals surface area contributed by atoms with Crippen molar-refractivity contribution in [3.8, 4) is 11.5 Å². The van der Waals surface area contributed by atoms with Crippen molar-refractivity contribution in [1.29, 1.82) is 0 Å². The first kappa shape index (κ1) is 13.7. The highest BCUT2D eigenvalue weighted by Crippen LogP contribution is 2.54. The van der Waals surface area contributed by atoms with Gasteiger partial charge in [-0.05, 0) is 43.4 Å². The molecule has 0 bridgehead atoms. The molecule has 4 nitrogen and oxygen atoms in total. The number of carboxylic acid groups (broad SMARTS) is 1. The van der Waals surface area contributed by atoms with Crippen molar-refractivity contribution in [2.75, 3.05) is 14.2 Å². The van der Waals surface area contributed by atoms with Gasteiger partial charge >= 0.3 is 5.97 Å². The average Bonchev–Trinajstić information content (AvgIpc) is 3.10. The molecule has 19 heavy (non-hydrogen) atoms. The van der Waals surface area contributed by atoms with Crippen molar-refractivity contribution in [1.82, 2.24) is 0 Å². The van der Waals surface area contributed by atoms with Gasteiger partial charge in [-0.3, -0.25) is 4.79 Å². The third-order valence-corrected chi connectivity index (χ3v) is 3.99. The van der Waals surface area contributed by atoms with Crippen LogP contribution >= 0.6 is 0 Å². The first-order valence-corrected chi connectivity index (χ1v) is 6.39. The van der Waals surface area contributed by atoms with Crippen LogP contribution in [0.3, 0.4) is 0 Å². The smallest absolute Gasteiger partial charge is 0.304 e. The predicted octanol–water partition coefficient (Wildman–Crippen LogP) is 2.83. The summed E-state index contributed by atoms with van der Waals surface area (Å²) in [5.41, 5.74) is 2.85. The molecule has 1 fully saturated rings. The van der Waals surface area contributed by atoms with Crippen LogP contribution in [0.25, 0.3) is 0 Å². The van der Waals surface area contributed by atoms with Crippen molar-refractivity contribution in [2.45, 2.75) is 38.5 Å². The molecular formula is C15H20O4. The Kier molecular flexibility index (Phi) is 3.43. The fourth-order valence-electron chi connectivity index (χ4n) is 2.89. The van der Waals surface area contributed by atoms with E-state index in [9.17, 15) is 4.79 Å². The van der Waals surface area contributed by atoms with Gasteiger partial charge in [0.05, 0.1) is 20.6 Å². The number of rotatable bonds is 5. The number of hydrogen-bond acceptors (Lipinski definition) is 3. The molecule has 0 aromatic heterocycles. The molecule has 0 unspecified atom stereocenters. The van der Waals surface area contributed by atoms with Crippen LogP contribution in [0.2, 0.25) is 0 Å². The molecule has 0 atom stereocenters. The Morgan fingerprint density at radius 1 is 1.26 bits per heavy atom. The summed E-state index contributed by atoms with van der Waals surface area (Å²) < 4.78 is 10.8. The molecule has 104 valence electrons. The third kappa shape index (κ3) is 2.27. The first-order valence-electron chi connectivity index (χ1n) is 6.39. The molecule has 4 heteroatoms. The highest BCUT2D eigenvalue weighted by atomic mass is 16.5. The lowest BCUT2D eigenvalue weighted by molar-refractivity contribution is -0.137. The summed E-state index contributed by atoms with van der Waals surface area (Å²) in [6, 6.07) is 2.05. The van der Waals surface area contributed by atoms with Crippen LogP contribution in [-0.4, -0.2) is 25.3 Å². The van der Waals surface area contributed by atoms with Crippen molar-refractivity contribution >= 4 is 5.97 Å². The number of carbonyl (C=O) groups is 1. The number of ether oxygens (including phenoxy) is 2. The van der Waals surface area contributed by atoms with Crippen molar-refractivity contribution in [3.05, 3.63) is 22.8 Å². The molecule has 2 rings (SSSR count). The number of aryl methyl sites for hydroxylation is 1. The largest absolute Gasteiger partial charge is 0.493 e. The van der Waals surface area contributed by atoms with Crippen molar-refractivity contribution in [3.63, 3.8) is 0 Å². The number of carboxylic acids is 1. The Hall–Kier alpha value is -1.71. The molecule has 0 spiro atoms. The second-order valence-electron chi connectivity index (χ2n) is 5.28. The van der Waals surface area contributed by atoms with E-state index in [0.717, 1.165) is 35.3 Å². The Labute approximate surface area is 113 Å². The molecule has 0 aliphatic heterocycles. The van der Waals surface area contributed by atoms with E-state index in [1.54, 1.807) is 14.2 Å². The second kappa shape index (κ2) is 4.76. The Morgan fingerprint density at radius 3 is 2.26 bits per heavy atom. The van der Waals surface area contributed by atoms with Gasteiger partial charge in [-0.2, -0.15) is 0 Å². The van der Waals surface area contributed by atoms with Gasteiger partial charge in [0.2, 0.25) is 0 Å². The molecule has 1 aliphatic rings. The SMILES string of the molecule is COc1c(C)cc(C2(CC(=O)O)CC2)c(C)c1OC. The van der Waals surface area contributed by atoms with Crippen LogP contribution in [0.1, 0.15) is 36.0 Å². The maximum absolute atomic E-state index is 11.0. The van der Waals surface area contributed by atoms with Crippen LogP contribution in [0.5, 0.6) is 11.5 Å². The van der Waals surface area contributed by atoms with Crippen LogP contribution in [0, 0.1) is 13.8 Å². The van der Waals surface area contributed by atoms with E-state index >= 15 is 0 Å². The van der Waals surface area contributed by atoms with Crippen LogP contribution in [0.4, 0.5) is 0 Å². The van der Waals surface area contributed by atoms with E-state index in [1.807, 2.05) is 19.9 Å². The lowest BCUT2D eigenvalue weighted by Crippen LogP contribution is -2.15. The van der Waals surface area contributed by atoms with Crippen molar-refractivity contribution in [2.24, 2.45) is 0 Å². The minimum Gasteiger partial charge on any atom is -0.493 e. The standard InChI is InChI=1S/C15H20O4/c1-9-7-11(15(5-6-15)8-12(16)17)10(2)14(19-4)13(9)18-3/h7H,5-6,8H2,1-4H3,(H,16,17). The number of methoxy groups -OCH3 is 2. The van der Waals surface area contributed by atoms with Gasteiger partial charge in [0, 0.05) is 5.41 Å². The number of benzene rings is 1. The summed E-state index contributed by atoms with van der Waals surface area (Å²) in [7, 11) is 3.24. The Morgan fingerprint density at radius 2 is 1.84 bits per heavy atom. The summed E-state index contributed by atoms with van der Waals surface area (Å²) in [6.45, 7) is 3.93. The molecule has 0 amide bonds. The summed E-state index contributed by atoms with van der Waals surface area (Å²) in [6.07, 6.45) is 2.03. The predicted molar refractivity (Wildman–Crippen MR) is 72.2 cm³/mol. The van der Waals surface area contributed by atoms with Gasteiger partial charge in [-0.25, -0.2) is 0 Å². The van der Waals surface area contributed by atoms with Gasteiger partial charge in [-0.15, -0.1) is 0 Å². The van der Waals surface area contributed by atoms with Gasteiger partial charge in [0.25, 0.3) is 0 Å². The lowest BCUT2D eigenvalue weighted by atomic mass is 9.87. The van der Waals surface area contributed by atoms with Gasteiger partial charge in [-0.1, -0.05) is 6.07 Å². The highest BCUT2D eigenvalue weighted by molar-refractivity contribution is 5.71. The zero-order chi connectivity index (χ0) is 14.2. The molecule has 0 heterocycles. The average molecular weight is 264 g/mol. The molecule has 0 saturated heterocycles. The molecule has 1 saturated carbocycles. The third-order valence-electron chi connectivity index (χ3n) is 3.99. The van der Waals surface area contributed by atoms with Crippen LogP contribution < -0.4 is 9.47 Å². The summed E-state index contributed by atoms with van der Waals surface area (Å²) in [4.78, 5) is 11.0. The zero-order valence-corrected chi connectivity index (χ0v) is 11.9. The minimum absolute atomic E-state index is 0.183. The Bertz CT molecular complexity index is 515. The molecule has 1 aromatic carbocycles. The van der Waals surface area contributed by atoms with E-state index in [0.29, 0.717) is 5.75 Å². The van der Waals surface area contributed by atoms with E-state index < -0.39 is 5.97 Å². The maximum atomic E-state index is 11.0. The Balaban J connectivity index is 2.54. The molecule has 1 aromatic rings. The minimum atomic E-state index is -0.746. The first-order chi connectivity index (χ1) is 8.95. The van der Waals surface area contributed by atoms with Gasteiger partial charge in [0.15, 0.2) is 11.5 Å². The molecular weight excluding hydrogens is 244 g/mol. The normalized spacial score (nSPS) is 16.0. The van der Waals surface area contributed by atoms with Crippen molar-refractivity contribution < 1.29 is 19.4 Å². The monoisotopic (exact) mass is 264 g/mol. The molecule has 0 radical (unpaired) electrons. The zero-order valence-electron chi connectivity index (χ0n) is 11.9. The fourth-order valence-corrected chi connectivity index (χ4v) is 2.89. The number of aliphatic carboxylic acids is 1. The van der Waals surface area contributed by atoms with Crippen LogP contribution in [-0.2, 0) is 10.2 Å². The van der Waals surface area contributed by atoms with E-state index in [1.165, 1.54) is 0 Å². The quantitative estimate of drug-likeness (QED) is 0.888. The highest BCUT2D eigenvalue weighted by Gasteiger charge is 2.47. The molecule has 1 N–H and O–H groups in total. The maximum Gasteiger partial charge on any atom is 0.304 e. The second-order valence-corrected chi connectivity index (χ2v) is 5.28. The fraction of sp³-hybridized carbons (Fsp3) is 0.533. The van der Waals surface area contributed by atoms with Gasteiger partial charge in [0.1, 0.15) is 0 Å². The molecule has 1 aliphatic carbocycles. The summed E-state index contributed by atoms with van der Waals surface area (Å²) >= 11 is 0. The summed E-state index contributed by atoms with van der Waals surface area (Å²) in [5, 5.41) is 9.08. The van der Waals surface area contributed by atoms with Gasteiger partial charge < -0.3 is 14.6 Å². The number of hydrogen-bond donors (Lipinski definition) is 1. The van der Waals surface area contributed by atoms with E-state index in [2.05, 4.69) is 0 Å².